The van der Waals surface area contributed by atoms with Gasteiger partial charge >= 0.3 is 6.03 Å². The molecule has 3 aromatic rings. The average Bonchev–Trinajstić information content (AvgIpc) is 3.36. The van der Waals surface area contributed by atoms with E-state index in [0.29, 0.717) is 19.4 Å². The fourth-order valence-corrected chi connectivity index (χ4v) is 4.25. The molecule has 0 bridgehead atoms. The zero-order valence-electron chi connectivity index (χ0n) is 19.7. The maximum absolute atomic E-state index is 13.0. The number of rotatable bonds is 9. The van der Waals surface area contributed by atoms with Crippen LogP contribution in [0.3, 0.4) is 0 Å². The standard InChI is InChI=1S/C26H30N4O4/c1-4-29(18(2)22-16-20-12-8-9-13-21(20)34-22)17-23(31)28-30-24(32)26(3,27-25(30)33)15-14-19-10-6-5-7-11-19/h5-13,16,18H,4,14-15,17H2,1-3H3,(H,27,33)(H,28,31). The van der Waals surface area contributed by atoms with Crippen molar-refractivity contribution in [1.82, 2.24) is 20.7 Å². The van der Waals surface area contributed by atoms with Crippen molar-refractivity contribution in [1.29, 1.82) is 0 Å². The zero-order chi connectivity index (χ0) is 24.3. The first-order chi connectivity index (χ1) is 16.3. The molecule has 0 spiro atoms. The van der Waals surface area contributed by atoms with E-state index in [1.54, 1.807) is 6.92 Å². The molecule has 2 heterocycles. The van der Waals surface area contributed by atoms with Gasteiger partial charge in [0.25, 0.3) is 11.8 Å². The molecule has 2 unspecified atom stereocenters. The molecule has 8 nitrogen and oxygen atoms in total. The molecule has 178 valence electrons. The molecule has 0 radical (unpaired) electrons. The highest BCUT2D eigenvalue weighted by Gasteiger charge is 2.48. The maximum Gasteiger partial charge on any atom is 0.344 e. The summed E-state index contributed by atoms with van der Waals surface area (Å²) in [6.07, 6.45) is 1.06. The molecule has 1 saturated heterocycles. The van der Waals surface area contributed by atoms with E-state index in [9.17, 15) is 14.4 Å². The van der Waals surface area contributed by atoms with E-state index in [-0.39, 0.29) is 12.6 Å². The number of benzene rings is 2. The van der Waals surface area contributed by atoms with E-state index < -0.39 is 23.4 Å². The molecular weight excluding hydrogens is 432 g/mol. The first-order valence-electron chi connectivity index (χ1n) is 11.5. The fourth-order valence-electron chi connectivity index (χ4n) is 4.25. The van der Waals surface area contributed by atoms with Gasteiger partial charge in [-0.3, -0.25) is 19.9 Å². The Bertz CT molecular complexity index is 1160. The average molecular weight is 463 g/mol. The number of likely N-dealkylation sites (N-methyl/N-ethyl adjacent to an activating group) is 1. The highest BCUT2D eigenvalue weighted by Crippen LogP contribution is 2.27. The van der Waals surface area contributed by atoms with Crippen LogP contribution in [0.15, 0.2) is 65.1 Å². The second-order valence-electron chi connectivity index (χ2n) is 8.85. The molecule has 8 heteroatoms. The summed E-state index contributed by atoms with van der Waals surface area (Å²) in [6, 6.07) is 18.7. The Labute approximate surface area is 198 Å². The lowest BCUT2D eigenvalue weighted by molar-refractivity contribution is -0.139. The molecule has 1 aliphatic heterocycles. The van der Waals surface area contributed by atoms with Crippen LogP contribution in [0.25, 0.3) is 11.0 Å². The highest BCUT2D eigenvalue weighted by atomic mass is 16.3. The highest BCUT2D eigenvalue weighted by molar-refractivity contribution is 6.07. The number of imide groups is 1. The van der Waals surface area contributed by atoms with Crippen LogP contribution in [0, 0.1) is 0 Å². The molecule has 4 rings (SSSR count). The fraction of sp³-hybridized carbons (Fsp3) is 0.346. The number of hydrogen-bond donors (Lipinski definition) is 2. The number of carbonyl (C=O) groups excluding carboxylic acids is 3. The summed E-state index contributed by atoms with van der Waals surface area (Å²) in [7, 11) is 0. The summed E-state index contributed by atoms with van der Waals surface area (Å²) in [5, 5.41) is 4.53. The molecule has 2 N–H and O–H groups in total. The number of nitrogens with one attached hydrogen (secondary N) is 2. The zero-order valence-corrected chi connectivity index (χ0v) is 19.7. The van der Waals surface area contributed by atoms with E-state index in [0.717, 1.165) is 27.3 Å². The minimum Gasteiger partial charge on any atom is -0.459 e. The molecule has 1 aromatic heterocycles. The van der Waals surface area contributed by atoms with Crippen LogP contribution in [0.5, 0.6) is 0 Å². The van der Waals surface area contributed by atoms with Gasteiger partial charge in [-0.1, -0.05) is 55.5 Å². The van der Waals surface area contributed by atoms with E-state index in [2.05, 4.69) is 10.7 Å². The van der Waals surface area contributed by atoms with Crippen molar-refractivity contribution in [2.24, 2.45) is 0 Å². The van der Waals surface area contributed by atoms with Crippen molar-refractivity contribution < 1.29 is 18.8 Å². The summed E-state index contributed by atoms with van der Waals surface area (Å²) in [6.45, 7) is 6.18. The number of para-hydroxylation sites is 1. The van der Waals surface area contributed by atoms with Crippen LogP contribution in [-0.4, -0.2) is 46.4 Å². The molecule has 4 amide bonds. The lowest BCUT2D eigenvalue weighted by atomic mass is 9.93. The van der Waals surface area contributed by atoms with Gasteiger partial charge in [-0.2, -0.15) is 5.01 Å². The van der Waals surface area contributed by atoms with Gasteiger partial charge in [0.2, 0.25) is 0 Å². The minimum atomic E-state index is -1.08. The Morgan fingerprint density at radius 3 is 2.56 bits per heavy atom. The van der Waals surface area contributed by atoms with E-state index in [4.69, 9.17) is 4.42 Å². The van der Waals surface area contributed by atoms with Gasteiger partial charge in [-0.25, -0.2) is 4.79 Å². The van der Waals surface area contributed by atoms with Crippen molar-refractivity contribution in [2.45, 2.75) is 45.2 Å². The van der Waals surface area contributed by atoms with Crippen LogP contribution in [0.4, 0.5) is 4.79 Å². The third-order valence-corrected chi connectivity index (χ3v) is 6.41. The first-order valence-corrected chi connectivity index (χ1v) is 11.5. The Kier molecular flexibility index (Phi) is 6.70. The Balaban J connectivity index is 1.38. The van der Waals surface area contributed by atoms with Crippen molar-refractivity contribution in [3.63, 3.8) is 0 Å². The number of carbonyl (C=O) groups is 3. The van der Waals surface area contributed by atoms with Crippen LogP contribution >= 0.6 is 0 Å². The molecule has 34 heavy (non-hydrogen) atoms. The second kappa shape index (κ2) is 9.69. The normalized spacial score (nSPS) is 19.0. The molecule has 1 aliphatic rings. The Morgan fingerprint density at radius 1 is 1.15 bits per heavy atom. The number of amides is 4. The van der Waals surface area contributed by atoms with Gasteiger partial charge in [-0.05, 0) is 50.9 Å². The first kappa shape index (κ1) is 23.5. The number of nitrogens with zero attached hydrogens (tertiary/aromatic N) is 2. The van der Waals surface area contributed by atoms with Crippen molar-refractivity contribution in [3.05, 3.63) is 72.0 Å². The molecule has 0 aliphatic carbocycles. The Morgan fingerprint density at radius 2 is 1.85 bits per heavy atom. The number of furan rings is 1. The molecule has 0 saturated carbocycles. The third kappa shape index (κ3) is 4.82. The van der Waals surface area contributed by atoms with Crippen LogP contribution in [0.2, 0.25) is 0 Å². The number of aryl methyl sites for hydroxylation is 1. The predicted molar refractivity (Wildman–Crippen MR) is 129 cm³/mol. The quantitative estimate of drug-likeness (QED) is 0.472. The van der Waals surface area contributed by atoms with Gasteiger partial charge in [0.05, 0.1) is 12.6 Å². The SMILES string of the molecule is CCN(CC(=O)NN1C(=O)NC(C)(CCc2ccccc2)C1=O)C(C)c1cc2ccccc2o1. The molecule has 2 atom stereocenters. The van der Waals surface area contributed by atoms with Gasteiger partial charge in [0.1, 0.15) is 16.9 Å². The molecule has 2 aromatic carbocycles. The van der Waals surface area contributed by atoms with Gasteiger partial charge in [0, 0.05) is 5.39 Å². The monoisotopic (exact) mass is 462 g/mol. The lowest BCUT2D eigenvalue weighted by Crippen LogP contribution is -2.51. The summed E-state index contributed by atoms with van der Waals surface area (Å²) < 4.78 is 5.95. The van der Waals surface area contributed by atoms with Crippen molar-refractivity contribution in [2.75, 3.05) is 13.1 Å². The molecular formula is C26H30N4O4. The summed E-state index contributed by atoms with van der Waals surface area (Å²) >= 11 is 0. The van der Waals surface area contributed by atoms with Crippen LogP contribution < -0.4 is 10.7 Å². The summed E-state index contributed by atoms with van der Waals surface area (Å²) in [5.41, 5.74) is 3.28. The minimum absolute atomic E-state index is 0.00645. The van der Waals surface area contributed by atoms with Gasteiger partial charge in [-0.15, -0.1) is 0 Å². The van der Waals surface area contributed by atoms with E-state index in [1.165, 1.54) is 0 Å². The number of hydrogen-bond acceptors (Lipinski definition) is 5. The summed E-state index contributed by atoms with van der Waals surface area (Å²) in [4.78, 5) is 40.2. The second-order valence-corrected chi connectivity index (χ2v) is 8.85. The van der Waals surface area contributed by atoms with E-state index in [1.807, 2.05) is 79.4 Å². The lowest BCUT2D eigenvalue weighted by Gasteiger charge is -2.26. The number of hydrazine groups is 1. The summed E-state index contributed by atoms with van der Waals surface area (Å²) in [5.74, 6) is -0.157. The molecule has 1 fully saturated rings. The smallest absolute Gasteiger partial charge is 0.344 e. The topological polar surface area (TPSA) is 94.9 Å². The van der Waals surface area contributed by atoms with Crippen molar-refractivity contribution in [3.8, 4) is 0 Å². The number of urea groups is 1. The predicted octanol–water partition coefficient (Wildman–Crippen LogP) is 3.79. The van der Waals surface area contributed by atoms with Crippen LogP contribution in [-0.2, 0) is 16.0 Å². The Hall–Kier alpha value is -3.65. The van der Waals surface area contributed by atoms with E-state index >= 15 is 0 Å². The largest absolute Gasteiger partial charge is 0.459 e. The van der Waals surface area contributed by atoms with Gasteiger partial charge in [0.15, 0.2) is 0 Å². The third-order valence-electron chi connectivity index (χ3n) is 6.41. The maximum atomic E-state index is 13.0. The van der Waals surface area contributed by atoms with Crippen LogP contribution in [0.1, 0.15) is 44.6 Å². The van der Waals surface area contributed by atoms with Gasteiger partial charge < -0.3 is 9.73 Å². The number of fused-ring (bicyclic) bond motifs is 1. The van der Waals surface area contributed by atoms with Crippen molar-refractivity contribution >= 4 is 28.8 Å².